The first-order valence-corrected chi connectivity index (χ1v) is 3.93. The average Bonchev–Trinajstić information content (AvgIpc) is 2.10. The number of methoxy groups -OCH3 is 1. The molecule has 0 aromatic carbocycles. The molecule has 0 radical (unpaired) electrons. The minimum atomic E-state index is 0. The van der Waals surface area contributed by atoms with Gasteiger partial charge in [-0.2, -0.15) is 0 Å². The molecule has 0 N–H and O–H groups in total. The van der Waals surface area contributed by atoms with Gasteiger partial charge in [-0.3, -0.25) is 0 Å². The normalized spacial score (nSPS) is 6.46. The Kier molecular flexibility index (Phi) is 143. The first-order valence-electron chi connectivity index (χ1n) is 3.93. The minimum Gasteiger partial charge on any atom is -0.385 e. The molecule has 0 saturated carbocycles. The first kappa shape index (κ1) is 29.4. The van der Waals surface area contributed by atoms with Gasteiger partial charge in [-0.05, 0) is 20.3 Å². The van der Waals surface area contributed by atoms with Crippen molar-refractivity contribution in [1.29, 1.82) is 0 Å². The highest BCUT2D eigenvalue weighted by atomic mass is 16.5. The van der Waals surface area contributed by atoms with E-state index in [9.17, 15) is 0 Å². The van der Waals surface area contributed by atoms with E-state index in [-0.39, 0.29) is 14.9 Å². The summed E-state index contributed by atoms with van der Waals surface area (Å²) in [4.78, 5) is 0. The molecule has 0 heterocycles. The largest absolute Gasteiger partial charge is 0.385 e. The molecule has 1 nitrogen and oxygen atoms in total. The van der Waals surface area contributed by atoms with Gasteiger partial charge in [0.05, 0.1) is 0 Å². The summed E-state index contributed by atoms with van der Waals surface area (Å²) in [7, 11) is 1.68. The highest BCUT2D eigenvalue weighted by Crippen LogP contribution is 1.73. The molecule has 13 heavy (non-hydrogen) atoms. The van der Waals surface area contributed by atoms with Crippen molar-refractivity contribution in [3.05, 3.63) is 25.3 Å². The van der Waals surface area contributed by atoms with Gasteiger partial charge in [-0.1, -0.05) is 33.9 Å². The Labute approximate surface area is 86.5 Å². The summed E-state index contributed by atoms with van der Waals surface area (Å²) >= 11 is 0. The average molecular weight is 190 g/mol. The molecule has 0 amide bonds. The van der Waals surface area contributed by atoms with Gasteiger partial charge in [-0.25, -0.2) is 0 Å². The highest BCUT2D eigenvalue weighted by Gasteiger charge is 1.52. The lowest BCUT2D eigenvalue weighted by Gasteiger charge is -1.76. The lowest BCUT2D eigenvalue weighted by molar-refractivity contribution is 0.215. The molecule has 1 heteroatoms. The molecule has 0 saturated heterocycles. The van der Waals surface area contributed by atoms with Crippen LogP contribution in [0.4, 0.5) is 0 Å². The monoisotopic (exact) mass is 190 g/mol. The van der Waals surface area contributed by atoms with E-state index in [0.717, 1.165) is 13.0 Å². The van der Waals surface area contributed by atoms with E-state index in [0.29, 0.717) is 0 Å². The van der Waals surface area contributed by atoms with Gasteiger partial charge < -0.3 is 4.74 Å². The molecule has 0 aromatic heterocycles. The van der Waals surface area contributed by atoms with E-state index in [4.69, 9.17) is 0 Å². The molecule has 0 atom stereocenters. The van der Waals surface area contributed by atoms with E-state index >= 15 is 0 Å². The van der Waals surface area contributed by atoms with Crippen LogP contribution in [-0.2, 0) is 4.74 Å². The molecule has 0 spiro atoms. The predicted molar refractivity (Wildman–Crippen MR) is 67.4 cm³/mol. The summed E-state index contributed by atoms with van der Waals surface area (Å²) in [5.74, 6) is 0. The Hall–Kier alpha value is -0.560. The van der Waals surface area contributed by atoms with E-state index in [2.05, 4.69) is 37.0 Å². The Morgan fingerprint density at radius 3 is 1.46 bits per heavy atom. The fraction of sp³-hybridized carbons (Fsp3) is 0.667. The third-order valence-corrected chi connectivity index (χ3v) is 0.760. The molecule has 0 bridgehead atoms. The Morgan fingerprint density at radius 1 is 1.15 bits per heavy atom. The molecule has 0 aliphatic carbocycles. The lowest BCUT2D eigenvalue weighted by atomic mass is 10.4. The van der Waals surface area contributed by atoms with Gasteiger partial charge in [0, 0.05) is 13.7 Å². The lowest BCUT2D eigenvalue weighted by Crippen LogP contribution is -1.73. The quantitative estimate of drug-likeness (QED) is 0.573. The van der Waals surface area contributed by atoms with Gasteiger partial charge in [-0.15, -0.1) is 13.2 Å². The molecule has 0 unspecified atom stereocenters. The molecular formula is C12H30O. The Morgan fingerprint density at radius 2 is 1.46 bits per heavy atom. The van der Waals surface area contributed by atoms with Gasteiger partial charge in [0.1, 0.15) is 0 Å². The molecular weight excluding hydrogens is 160 g/mol. The Bertz CT molecular complexity index is 56.1. The zero-order chi connectivity index (χ0) is 9.54. The fourth-order valence-electron chi connectivity index (χ4n) is 0.236. The third-order valence-electron chi connectivity index (χ3n) is 0.760. The van der Waals surface area contributed by atoms with Crippen molar-refractivity contribution < 1.29 is 4.74 Å². The van der Waals surface area contributed by atoms with E-state index in [1.54, 1.807) is 7.11 Å². The second-order valence-corrected chi connectivity index (χ2v) is 1.55. The summed E-state index contributed by atoms with van der Waals surface area (Å²) in [6.07, 6.45) is 5.34. The molecule has 0 aliphatic heterocycles. The number of allylic oxidation sites excluding steroid dienone is 2. The van der Waals surface area contributed by atoms with Crippen LogP contribution in [0.5, 0.6) is 0 Å². The van der Waals surface area contributed by atoms with Gasteiger partial charge >= 0.3 is 0 Å². The van der Waals surface area contributed by atoms with Crippen molar-refractivity contribution in [3.8, 4) is 0 Å². The van der Waals surface area contributed by atoms with Crippen molar-refractivity contribution in [3.63, 3.8) is 0 Å². The highest BCUT2D eigenvalue weighted by molar-refractivity contribution is 4.73. The van der Waals surface area contributed by atoms with Crippen LogP contribution >= 0.6 is 0 Å². The topological polar surface area (TPSA) is 9.23 Å². The molecule has 0 aromatic rings. The fourth-order valence-corrected chi connectivity index (χ4v) is 0.236. The van der Waals surface area contributed by atoms with Crippen LogP contribution in [0.2, 0.25) is 0 Å². The van der Waals surface area contributed by atoms with Crippen LogP contribution in [0.25, 0.3) is 0 Å². The van der Waals surface area contributed by atoms with Crippen molar-refractivity contribution in [2.24, 2.45) is 0 Å². The number of hydrogen-bond acceptors (Lipinski definition) is 1. The van der Waals surface area contributed by atoms with Crippen molar-refractivity contribution in [2.75, 3.05) is 13.7 Å². The van der Waals surface area contributed by atoms with E-state index in [1.165, 1.54) is 0 Å². The van der Waals surface area contributed by atoms with Gasteiger partial charge in [0.25, 0.3) is 0 Å². The number of hydrogen-bond donors (Lipinski definition) is 0. The van der Waals surface area contributed by atoms with Gasteiger partial charge in [0.2, 0.25) is 0 Å². The SMILES string of the molecule is C.C.C=C.CC=CCC.CCOC. The maximum Gasteiger partial charge on any atom is 0.0433 e. The molecule has 0 fully saturated rings. The zero-order valence-corrected chi connectivity index (χ0v) is 8.39. The summed E-state index contributed by atoms with van der Waals surface area (Å²) in [6.45, 7) is 12.9. The second kappa shape index (κ2) is 63.3. The summed E-state index contributed by atoms with van der Waals surface area (Å²) in [6, 6.07) is 0. The van der Waals surface area contributed by atoms with Crippen LogP contribution in [-0.4, -0.2) is 13.7 Å². The molecule has 0 aliphatic rings. The van der Waals surface area contributed by atoms with Crippen molar-refractivity contribution in [1.82, 2.24) is 0 Å². The molecule has 84 valence electrons. The summed E-state index contributed by atoms with van der Waals surface area (Å²) < 4.78 is 4.54. The smallest absolute Gasteiger partial charge is 0.0433 e. The zero-order valence-electron chi connectivity index (χ0n) is 8.39. The Balaban J connectivity index is -0.0000000246. The van der Waals surface area contributed by atoms with Gasteiger partial charge in [0.15, 0.2) is 0 Å². The third kappa shape index (κ3) is 171. The van der Waals surface area contributed by atoms with Crippen LogP contribution in [0, 0.1) is 0 Å². The van der Waals surface area contributed by atoms with Crippen LogP contribution in [0.15, 0.2) is 25.3 Å². The van der Waals surface area contributed by atoms with Crippen LogP contribution < -0.4 is 0 Å². The number of rotatable bonds is 2. The second-order valence-electron chi connectivity index (χ2n) is 1.55. The maximum atomic E-state index is 4.54. The van der Waals surface area contributed by atoms with E-state index in [1.807, 2.05) is 13.8 Å². The first-order chi connectivity index (χ1) is 5.33. The standard InChI is InChI=1S/C5H10.C3H8O.C2H4.2CH4/c1-3-5-4-2;1-3-4-2;1-2;;/h3,5H,4H2,1-2H3;3H2,1-2H3;1-2H2;2*1H4. The summed E-state index contributed by atoms with van der Waals surface area (Å²) in [5.41, 5.74) is 0. The number of ether oxygens (including phenoxy) is 1. The van der Waals surface area contributed by atoms with Crippen LogP contribution in [0.1, 0.15) is 42.0 Å². The van der Waals surface area contributed by atoms with Crippen LogP contribution in [0.3, 0.4) is 0 Å². The summed E-state index contributed by atoms with van der Waals surface area (Å²) in [5, 5.41) is 0. The minimum absolute atomic E-state index is 0. The predicted octanol–water partition coefficient (Wildman–Crippen LogP) is 4.70. The maximum absolute atomic E-state index is 4.54. The van der Waals surface area contributed by atoms with Crippen molar-refractivity contribution >= 4 is 0 Å². The van der Waals surface area contributed by atoms with E-state index < -0.39 is 0 Å². The molecule has 0 rings (SSSR count). The van der Waals surface area contributed by atoms with Crippen molar-refractivity contribution in [2.45, 2.75) is 42.0 Å².